The molecule has 20 heavy (non-hydrogen) atoms. The first-order valence-electron chi connectivity index (χ1n) is 6.56. The van der Waals surface area contributed by atoms with Crippen LogP contribution in [-0.2, 0) is 0 Å². The third kappa shape index (κ3) is 3.21. The molecule has 2 rings (SSSR count). The van der Waals surface area contributed by atoms with Crippen LogP contribution in [-0.4, -0.2) is 38.1 Å². The average Bonchev–Trinajstić information content (AvgIpc) is 3.00. The number of anilines is 2. The first-order chi connectivity index (χ1) is 9.63. The largest absolute Gasteiger partial charge is 0.343 e. The molecule has 0 aromatic carbocycles. The highest BCUT2D eigenvalue weighted by Gasteiger charge is 2.12. The van der Waals surface area contributed by atoms with Gasteiger partial charge in [0.1, 0.15) is 6.33 Å². The molecule has 0 aliphatic carbocycles. The Morgan fingerprint density at radius 1 is 1.40 bits per heavy atom. The molecule has 2 aromatic heterocycles. The zero-order valence-corrected chi connectivity index (χ0v) is 12.0. The van der Waals surface area contributed by atoms with Crippen molar-refractivity contribution in [2.75, 3.05) is 23.9 Å². The Balaban J connectivity index is 2.31. The van der Waals surface area contributed by atoms with E-state index in [2.05, 4.69) is 39.2 Å². The standard InChI is InChI=1S/C12H20N8/c1-4-9(2)7-19(3)11-15-10(18-13)16-12(17-11)20-6-5-14-8-20/h5-6,8-9H,4,7,13H2,1-3H3,(H,15,16,17,18). The van der Waals surface area contributed by atoms with Crippen LogP contribution in [0.5, 0.6) is 0 Å². The second-order valence-electron chi connectivity index (χ2n) is 4.77. The molecule has 0 amide bonds. The zero-order valence-electron chi connectivity index (χ0n) is 12.0. The maximum absolute atomic E-state index is 5.42. The lowest BCUT2D eigenvalue weighted by Gasteiger charge is -2.21. The van der Waals surface area contributed by atoms with Crippen LogP contribution in [0.3, 0.4) is 0 Å². The molecule has 2 heterocycles. The number of nitrogens with zero attached hydrogens (tertiary/aromatic N) is 6. The summed E-state index contributed by atoms with van der Waals surface area (Å²) in [5.74, 6) is 7.37. The second-order valence-corrected chi connectivity index (χ2v) is 4.77. The van der Waals surface area contributed by atoms with Gasteiger partial charge < -0.3 is 4.90 Å². The molecule has 0 radical (unpaired) electrons. The molecule has 0 fully saturated rings. The van der Waals surface area contributed by atoms with Crippen LogP contribution in [0.1, 0.15) is 20.3 Å². The summed E-state index contributed by atoms with van der Waals surface area (Å²) >= 11 is 0. The summed E-state index contributed by atoms with van der Waals surface area (Å²) in [5.41, 5.74) is 2.47. The lowest BCUT2D eigenvalue weighted by atomic mass is 10.1. The third-order valence-electron chi connectivity index (χ3n) is 3.10. The fraction of sp³-hybridized carbons (Fsp3) is 0.500. The van der Waals surface area contributed by atoms with Gasteiger partial charge in [0.05, 0.1) is 0 Å². The smallest absolute Gasteiger partial charge is 0.243 e. The molecular formula is C12H20N8. The van der Waals surface area contributed by atoms with Crippen LogP contribution in [0.2, 0.25) is 0 Å². The highest BCUT2D eigenvalue weighted by Crippen LogP contribution is 2.13. The van der Waals surface area contributed by atoms with Crippen molar-refractivity contribution in [2.24, 2.45) is 11.8 Å². The van der Waals surface area contributed by atoms with Crippen molar-refractivity contribution in [2.45, 2.75) is 20.3 Å². The van der Waals surface area contributed by atoms with E-state index in [0.717, 1.165) is 13.0 Å². The van der Waals surface area contributed by atoms with Crippen LogP contribution >= 0.6 is 0 Å². The first kappa shape index (κ1) is 14.2. The number of hydrazine groups is 1. The molecule has 1 unspecified atom stereocenters. The van der Waals surface area contributed by atoms with Gasteiger partial charge >= 0.3 is 0 Å². The van der Waals surface area contributed by atoms with Gasteiger partial charge in [-0.25, -0.2) is 10.8 Å². The van der Waals surface area contributed by atoms with Crippen molar-refractivity contribution in [3.05, 3.63) is 18.7 Å². The Morgan fingerprint density at radius 2 is 2.20 bits per heavy atom. The average molecular weight is 276 g/mol. The van der Waals surface area contributed by atoms with Crippen LogP contribution in [0.25, 0.3) is 5.95 Å². The number of hydrogen-bond acceptors (Lipinski definition) is 7. The fourth-order valence-corrected chi connectivity index (χ4v) is 1.76. The Hall–Kier alpha value is -2.22. The van der Waals surface area contributed by atoms with Gasteiger partial charge in [-0.2, -0.15) is 15.0 Å². The van der Waals surface area contributed by atoms with Crippen LogP contribution in [0, 0.1) is 5.92 Å². The van der Waals surface area contributed by atoms with Crippen molar-refractivity contribution in [1.82, 2.24) is 24.5 Å². The summed E-state index contributed by atoms with van der Waals surface area (Å²) < 4.78 is 1.71. The van der Waals surface area contributed by atoms with E-state index in [9.17, 15) is 0 Å². The fourth-order valence-electron chi connectivity index (χ4n) is 1.76. The molecule has 0 spiro atoms. The molecule has 1 atom stereocenters. The van der Waals surface area contributed by atoms with Crippen LogP contribution in [0.15, 0.2) is 18.7 Å². The van der Waals surface area contributed by atoms with Gasteiger partial charge in [0.2, 0.25) is 17.8 Å². The molecule has 8 heteroatoms. The van der Waals surface area contributed by atoms with Gasteiger partial charge in [-0.05, 0) is 5.92 Å². The molecule has 108 valence electrons. The number of hydrogen-bond donors (Lipinski definition) is 2. The minimum absolute atomic E-state index is 0.328. The number of imidazole rings is 1. The highest BCUT2D eigenvalue weighted by molar-refractivity contribution is 5.38. The summed E-state index contributed by atoms with van der Waals surface area (Å²) in [6, 6.07) is 0. The van der Waals surface area contributed by atoms with Crippen molar-refractivity contribution in [3.8, 4) is 5.95 Å². The zero-order chi connectivity index (χ0) is 14.5. The highest BCUT2D eigenvalue weighted by atomic mass is 15.4. The quantitative estimate of drug-likeness (QED) is 0.595. The molecule has 0 aliphatic rings. The van der Waals surface area contributed by atoms with Gasteiger partial charge in [0.15, 0.2) is 0 Å². The van der Waals surface area contributed by atoms with E-state index < -0.39 is 0 Å². The van der Waals surface area contributed by atoms with Gasteiger partial charge in [0, 0.05) is 26.0 Å². The number of nitrogens with two attached hydrogens (primary N) is 1. The Morgan fingerprint density at radius 3 is 2.80 bits per heavy atom. The maximum Gasteiger partial charge on any atom is 0.243 e. The Kier molecular flexibility index (Phi) is 4.46. The third-order valence-corrected chi connectivity index (χ3v) is 3.10. The van der Waals surface area contributed by atoms with Crippen molar-refractivity contribution < 1.29 is 0 Å². The van der Waals surface area contributed by atoms with Crippen molar-refractivity contribution >= 4 is 11.9 Å². The topological polar surface area (TPSA) is 97.8 Å². The summed E-state index contributed by atoms with van der Waals surface area (Å²) in [6.07, 6.45) is 6.18. The Bertz CT molecular complexity index is 538. The van der Waals surface area contributed by atoms with Gasteiger partial charge in [-0.15, -0.1) is 0 Å². The van der Waals surface area contributed by atoms with E-state index in [4.69, 9.17) is 5.84 Å². The lowest BCUT2D eigenvalue weighted by molar-refractivity contribution is 0.554. The number of nitrogens with one attached hydrogen (secondary N) is 1. The molecule has 0 saturated carbocycles. The summed E-state index contributed by atoms with van der Waals surface area (Å²) in [5, 5.41) is 0. The van der Waals surface area contributed by atoms with Crippen LogP contribution in [0.4, 0.5) is 11.9 Å². The number of nitrogen functional groups attached to an aromatic ring is 1. The molecular weight excluding hydrogens is 256 g/mol. The predicted octanol–water partition coefficient (Wildman–Crippen LogP) is 0.825. The molecule has 3 N–H and O–H groups in total. The summed E-state index contributed by atoms with van der Waals surface area (Å²) in [4.78, 5) is 18.9. The normalized spacial score (nSPS) is 12.2. The molecule has 2 aromatic rings. The molecule has 0 bridgehead atoms. The number of aromatic nitrogens is 5. The van der Waals surface area contributed by atoms with E-state index in [1.54, 1.807) is 23.3 Å². The van der Waals surface area contributed by atoms with Gasteiger partial charge in [-0.1, -0.05) is 20.3 Å². The molecule has 0 aliphatic heterocycles. The minimum Gasteiger partial charge on any atom is -0.343 e. The first-order valence-corrected chi connectivity index (χ1v) is 6.56. The minimum atomic E-state index is 0.328. The van der Waals surface area contributed by atoms with Crippen molar-refractivity contribution in [1.29, 1.82) is 0 Å². The SMILES string of the molecule is CCC(C)CN(C)c1nc(NN)nc(-n2ccnc2)n1. The van der Waals surface area contributed by atoms with E-state index in [-0.39, 0.29) is 0 Å². The molecule has 8 nitrogen and oxygen atoms in total. The number of rotatable bonds is 6. The van der Waals surface area contributed by atoms with E-state index in [1.165, 1.54) is 0 Å². The van der Waals surface area contributed by atoms with Gasteiger partial charge in [-0.3, -0.25) is 9.99 Å². The van der Waals surface area contributed by atoms with Crippen LogP contribution < -0.4 is 16.2 Å². The van der Waals surface area contributed by atoms with E-state index in [0.29, 0.717) is 23.8 Å². The second kappa shape index (κ2) is 6.29. The molecule has 0 saturated heterocycles. The maximum atomic E-state index is 5.42. The van der Waals surface area contributed by atoms with E-state index >= 15 is 0 Å². The Labute approximate surface area is 118 Å². The summed E-state index contributed by atoms with van der Waals surface area (Å²) in [6.45, 7) is 5.22. The summed E-state index contributed by atoms with van der Waals surface area (Å²) in [7, 11) is 1.96. The van der Waals surface area contributed by atoms with Crippen molar-refractivity contribution in [3.63, 3.8) is 0 Å². The van der Waals surface area contributed by atoms with Gasteiger partial charge in [0.25, 0.3) is 0 Å². The predicted molar refractivity (Wildman–Crippen MR) is 77.5 cm³/mol. The lowest BCUT2D eigenvalue weighted by Crippen LogP contribution is -2.27. The van der Waals surface area contributed by atoms with E-state index in [1.807, 2.05) is 11.9 Å². The monoisotopic (exact) mass is 276 g/mol.